The van der Waals surface area contributed by atoms with E-state index in [-0.39, 0.29) is 17.5 Å². The maximum atomic E-state index is 13.4. The Morgan fingerprint density at radius 2 is 1.89 bits per heavy atom. The predicted octanol–water partition coefficient (Wildman–Crippen LogP) is 4.01. The summed E-state index contributed by atoms with van der Waals surface area (Å²) < 4.78 is 28.1. The molecule has 0 aliphatic carbocycles. The first kappa shape index (κ1) is 22.9. The predicted molar refractivity (Wildman–Crippen MR) is 130 cm³/mol. The monoisotopic (exact) mass is 494 g/mol. The fourth-order valence-electron chi connectivity index (χ4n) is 3.80. The molecule has 0 atom stereocenters. The molecule has 0 radical (unpaired) electrons. The Morgan fingerprint density at radius 1 is 1.11 bits per heavy atom. The molecule has 0 saturated heterocycles. The molecular formula is C24H23FN6O3S. The van der Waals surface area contributed by atoms with Crippen LogP contribution in [0.1, 0.15) is 6.92 Å². The van der Waals surface area contributed by atoms with Crippen LogP contribution in [0.3, 0.4) is 0 Å². The molecule has 1 amide bonds. The van der Waals surface area contributed by atoms with Crippen molar-refractivity contribution < 1.29 is 18.7 Å². The average Bonchev–Trinajstić information content (AvgIpc) is 3.45. The van der Waals surface area contributed by atoms with Crippen molar-refractivity contribution >= 4 is 23.4 Å². The lowest BCUT2D eigenvalue weighted by molar-refractivity contribution is -0.113. The van der Waals surface area contributed by atoms with E-state index in [4.69, 9.17) is 9.47 Å². The van der Waals surface area contributed by atoms with Crippen molar-refractivity contribution in [1.82, 2.24) is 24.5 Å². The number of aromatic nitrogens is 5. The highest BCUT2D eigenvalue weighted by Gasteiger charge is 2.21. The Balaban J connectivity index is 1.32. The number of aryl methyl sites for hydroxylation is 1. The van der Waals surface area contributed by atoms with E-state index < -0.39 is 0 Å². The van der Waals surface area contributed by atoms with Crippen molar-refractivity contribution in [1.29, 1.82) is 0 Å². The van der Waals surface area contributed by atoms with Crippen molar-refractivity contribution in [2.45, 2.75) is 18.6 Å². The molecule has 180 valence electrons. The number of fused-ring (bicyclic) bond motifs is 1. The van der Waals surface area contributed by atoms with Gasteiger partial charge in [-0.3, -0.25) is 9.48 Å². The minimum Gasteiger partial charge on any atom is -0.486 e. The van der Waals surface area contributed by atoms with Crippen molar-refractivity contribution in [3.8, 4) is 34.1 Å². The van der Waals surface area contributed by atoms with Crippen molar-refractivity contribution in [2.75, 3.05) is 24.3 Å². The molecule has 0 bridgehead atoms. The molecule has 0 unspecified atom stereocenters. The highest BCUT2D eigenvalue weighted by molar-refractivity contribution is 7.99. The van der Waals surface area contributed by atoms with E-state index in [1.165, 1.54) is 23.9 Å². The number of hydrogen-bond acceptors (Lipinski definition) is 7. The number of carbonyl (C=O) groups excluding carboxylic acids is 1. The van der Waals surface area contributed by atoms with Crippen LogP contribution in [0, 0.1) is 5.82 Å². The molecule has 9 nitrogen and oxygen atoms in total. The van der Waals surface area contributed by atoms with Gasteiger partial charge in [-0.2, -0.15) is 5.10 Å². The van der Waals surface area contributed by atoms with Crippen LogP contribution < -0.4 is 14.8 Å². The fourth-order valence-corrected chi connectivity index (χ4v) is 4.60. The lowest BCUT2D eigenvalue weighted by atomic mass is 10.1. The third-order valence-electron chi connectivity index (χ3n) is 5.38. The molecule has 1 N–H and O–H groups in total. The van der Waals surface area contributed by atoms with Crippen molar-refractivity contribution in [2.24, 2.45) is 7.05 Å². The summed E-state index contributed by atoms with van der Waals surface area (Å²) in [6.45, 7) is 3.58. The first-order valence-electron chi connectivity index (χ1n) is 11.1. The van der Waals surface area contributed by atoms with Crippen LogP contribution in [0.15, 0.2) is 53.8 Å². The van der Waals surface area contributed by atoms with Crippen molar-refractivity contribution in [3.63, 3.8) is 0 Å². The second-order valence-corrected chi connectivity index (χ2v) is 8.76. The molecule has 0 saturated carbocycles. The van der Waals surface area contributed by atoms with E-state index in [9.17, 15) is 9.18 Å². The topological polar surface area (TPSA) is 96.1 Å². The third kappa shape index (κ3) is 4.85. The number of thioether (sulfide) groups is 1. The highest BCUT2D eigenvalue weighted by atomic mass is 32.2. The summed E-state index contributed by atoms with van der Waals surface area (Å²) in [5.41, 5.74) is 2.88. The number of carbonyl (C=O) groups is 1. The number of halogens is 1. The summed E-state index contributed by atoms with van der Waals surface area (Å²) in [5.74, 6) is 1.59. The maximum Gasteiger partial charge on any atom is 0.234 e. The molecular weight excluding hydrogens is 471 g/mol. The normalized spacial score (nSPS) is 12.5. The van der Waals surface area contributed by atoms with Gasteiger partial charge < -0.3 is 19.4 Å². The molecule has 35 heavy (non-hydrogen) atoms. The largest absolute Gasteiger partial charge is 0.486 e. The van der Waals surface area contributed by atoms with Gasteiger partial charge in [-0.25, -0.2) is 4.39 Å². The molecule has 0 fully saturated rings. The van der Waals surface area contributed by atoms with Gasteiger partial charge in [0, 0.05) is 37.1 Å². The van der Waals surface area contributed by atoms with Crippen LogP contribution in [0.5, 0.6) is 11.5 Å². The van der Waals surface area contributed by atoms with Gasteiger partial charge in [0.15, 0.2) is 22.5 Å². The van der Waals surface area contributed by atoms with Gasteiger partial charge in [0.2, 0.25) is 5.91 Å². The van der Waals surface area contributed by atoms with Gasteiger partial charge in [0.1, 0.15) is 24.7 Å². The second-order valence-electron chi connectivity index (χ2n) is 7.82. The van der Waals surface area contributed by atoms with Gasteiger partial charge in [-0.15, -0.1) is 10.2 Å². The second kappa shape index (κ2) is 9.79. The van der Waals surface area contributed by atoms with E-state index >= 15 is 0 Å². The molecule has 5 rings (SSSR count). The lowest BCUT2D eigenvalue weighted by Crippen LogP contribution is -2.17. The highest BCUT2D eigenvalue weighted by Crippen LogP contribution is 2.34. The van der Waals surface area contributed by atoms with E-state index in [0.717, 1.165) is 11.1 Å². The summed E-state index contributed by atoms with van der Waals surface area (Å²) >= 11 is 1.30. The van der Waals surface area contributed by atoms with E-state index in [1.807, 2.05) is 24.7 Å². The first-order chi connectivity index (χ1) is 17.0. The van der Waals surface area contributed by atoms with Crippen molar-refractivity contribution in [3.05, 3.63) is 54.5 Å². The quantitative estimate of drug-likeness (QED) is 0.388. The summed E-state index contributed by atoms with van der Waals surface area (Å²) in [7, 11) is 1.82. The zero-order valence-corrected chi connectivity index (χ0v) is 20.0. The fraction of sp³-hybridized carbons (Fsp3) is 0.250. The Morgan fingerprint density at radius 3 is 2.66 bits per heavy atom. The van der Waals surface area contributed by atoms with E-state index in [0.29, 0.717) is 53.6 Å². The smallest absolute Gasteiger partial charge is 0.234 e. The Bertz CT molecular complexity index is 1370. The average molecular weight is 495 g/mol. The van der Waals surface area contributed by atoms with E-state index in [1.54, 1.807) is 35.0 Å². The van der Waals surface area contributed by atoms with Crippen LogP contribution in [0.4, 0.5) is 10.1 Å². The van der Waals surface area contributed by atoms with Gasteiger partial charge >= 0.3 is 0 Å². The zero-order valence-electron chi connectivity index (χ0n) is 19.2. The molecule has 2 aromatic carbocycles. The Hall–Kier alpha value is -3.86. The summed E-state index contributed by atoms with van der Waals surface area (Å²) in [5, 5.41) is 16.8. The standard InChI is InChI=1S/C24H23FN6O3S/c1-3-31-23(18-13-30(2)29-22(18)15-4-6-16(25)7-5-15)27-28-24(31)35-14-21(32)26-17-8-9-19-20(12-17)34-11-10-33-19/h4-9,12-13H,3,10-11,14H2,1-2H3,(H,26,32). The molecule has 1 aliphatic rings. The number of nitrogens with zero attached hydrogens (tertiary/aromatic N) is 5. The number of amides is 1. The number of hydrogen-bond donors (Lipinski definition) is 1. The van der Waals surface area contributed by atoms with Gasteiger partial charge in [-0.05, 0) is 43.3 Å². The lowest BCUT2D eigenvalue weighted by Gasteiger charge is -2.19. The molecule has 3 heterocycles. The van der Waals surface area contributed by atoms with Gasteiger partial charge in [0.25, 0.3) is 0 Å². The zero-order chi connectivity index (χ0) is 24.4. The molecule has 11 heteroatoms. The van der Waals surface area contributed by atoms with Crippen LogP contribution in [-0.4, -0.2) is 49.4 Å². The van der Waals surface area contributed by atoms with Crippen LogP contribution in [-0.2, 0) is 18.4 Å². The minimum absolute atomic E-state index is 0.157. The number of anilines is 1. The van der Waals surface area contributed by atoms with E-state index in [2.05, 4.69) is 20.6 Å². The summed E-state index contributed by atoms with van der Waals surface area (Å²) in [4.78, 5) is 12.6. The molecule has 1 aliphatic heterocycles. The van der Waals surface area contributed by atoms with Crippen LogP contribution >= 0.6 is 11.8 Å². The third-order valence-corrected chi connectivity index (χ3v) is 6.35. The van der Waals surface area contributed by atoms with Crippen LogP contribution in [0.2, 0.25) is 0 Å². The van der Waals surface area contributed by atoms with Crippen LogP contribution in [0.25, 0.3) is 22.6 Å². The molecule has 2 aromatic heterocycles. The Labute approximate surface area is 205 Å². The van der Waals surface area contributed by atoms with Gasteiger partial charge in [0.05, 0.1) is 11.3 Å². The first-order valence-corrected chi connectivity index (χ1v) is 12.1. The maximum absolute atomic E-state index is 13.4. The minimum atomic E-state index is -0.309. The number of benzene rings is 2. The number of ether oxygens (including phenoxy) is 2. The summed E-state index contributed by atoms with van der Waals surface area (Å²) in [6, 6.07) is 11.5. The number of rotatable bonds is 7. The Kier molecular flexibility index (Phi) is 6.41. The summed E-state index contributed by atoms with van der Waals surface area (Å²) in [6.07, 6.45) is 1.86. The number of nitrogens with one attached hydrogen (secondary N) is 1. The SMILES string of the molecule is CCn1c(SCC(=O)Nc2ccc3c(c2)OCCO3)nnc1-c1cn(C)nc1-c1ccc(F)cc1. The van der Waals surface area contributed by atoms with Gasteiger partial charge in [-0.1, -0.05) is 11.8 Å². The molecule has 0 spiro atoms. The molecule has 4 aromatic rings.